The summed E-state index contributed by atoms with van der Waals surface area (Å²) in [7, 11) is 0. The third kappa shape index (κ3) is 3.19. The van der Waals surface area contributed by atoms with Crippen LogP contribution in [0.4, 0.5) is 0 Å². The number of carboxylic acid groups (broad SMARTS) is 1. The number of benzene rings is 2. The Kier molecular flexibility index (Phi) is 3.51. The van der Waals surface area contributed by atoms with Crippen LogP contribution in [0.2, 0.25) is 0 Å². The quantitative estimate of drug-likeness (QED) is 0.855. The molecular formula is C15H12O4. The zero-order valence-corrected chi connectivity index (χ0v) is 9.95. The minimum absolute atomic E-state index is 0.0619. The van der Waals surface area contributed by atoms with Gasteiger partial charge in [0.1, 0.15) is 6.58 Å². The number of carbonyl (C=O) groups excluding carboxylic acids is 1. The molecule has 96 valence electrons. The maximum absolute atomic E-state index is 11.9. The summed E-state index contributed by atoms with van der Waals surface area (Å²) in [6, 6.07) is 14.3. The smallest absolute Gasteiger partial charge is 0.339 e. The first-order valence-electron chi connectivity index (χ1n) is 6.18. The van der Waals surface area contributed by atoms with E-state index in [1.165, 1.54) is 18.2 Å². The van der Waals surface area contributed by atoms with E-state index in [1.54, 1.807) is 36.4 Å². The van der Waals surface area contributed by atoms with Crippen LogP contribution in [0.15, 0.2) is 54.6 Å². The van der Waals surface area contributed by atoms with Crippen LogP contribution < -0.4 is 0 Å². The van der Waals surface area contributed by atoms with Crippen molar-refractivity contribution in [3.8, 4) is 0 Å². The van der Waals surface area contributed by atoms with Crippen LogP contribution in [0.1, 0.15) is 27.7 Å². The van der Waals surface area contributed by atoms with E-state index in [0.29, 0.717) is 5.56 Å². The lowest BCUT2D eigenvalue weighted by Gasteiger charge is -2.07. The van der Waals surface area contributed by atoms with E-state index in [9.17, 15) is 9.59 Å². The Labute approximate surface area is 111 Å². The molecule has 4 nitrogen and oxygen atoms in total. The summed E-state index contributed by atoms with van der Waals surface area (Å²) in [5.74, 6) is -2.04. The zero-order chi connectivity index (χ0) is 14.5. The van der Waals surface area contributed by atoms with E-state index in [4.69, 9.17) is 11.2 Å². The van der Waals surface area contributed by atoms with Gasteiger partial charge in [-0.3, -0.25) is 0 Å². The monoisotopic (exact) mass is 257 g/mol. The van der Waals surface area contributed by atoms with Gasteiger partial charge < -0.3 is 9.84 Å². The molecular weight excluding hydrogens is 244 g/mol. The third-order valence-corrected chi connectivity index (χ3v) is 2.48. The number of esters is 1. The molecule has 2 aromatic carbocycles. The molecule has 0 amide bonds. The van der Waals surface area contributed by atoms with Crippen LogP contribution in [0, 0.1) is 0 Å². The molecule has 0 heterocycles. The second-order valence-corrected chi connectivity index (χ2v) is 3.78. The third-order valence-electron chi connectivity index (χ3n) is 2.48. The average Bonchev–Trinajstić information content (AvgIpc) is 2.48. The maximum Gasteiger partial charge on any atom is 0.339 e. The second-order valence-electron chi connectivity index (χ2n) is 3.78. The summed E-state index contributed by atoms with van der Waals surface area (Å²) in [6.45, 7) is -1.19. The molecule has 0 radical (unpaired) electrons. The van der Waals surface area contributed by atoms with Crippen LogP contribution in [0.5, 0.6) is 0 Å². The number of hydrogen-bond donors (Lipinski definition) is 1. The number of ether oxygens (including phenoxy) is 1. The Bertz CT molecular complexity index is 625. The fraction of sp³-hybridized carbons (Fsp3) is 0.0667. The molecule has 2 rings (SSSR count). The van der Waals surface area contributed by atoms with Crippen molar-refractivity contribution in [2.45, 2.75) is 6.58 Å². The first kappa shape index (κ1) is 11.5. The lowest BCUT2D eigenvalue weighted by molar-refractivity contribution is 0.0463. The highest BCUT2D eigenvalue weighted by atomic mass is 16.5. The van der Waals surface area contributed by atoms with Gasteiger partial charge in [-0.05, 0) is 17.7 Å². The Hall–Kier alpha value is -2.62. The topological polar surface area (TPSA) is 63.6 Å². The molecule has 0 aliphatic carbocycles. The highest BCUT2D eigenvalue weighted by molar-refractivity contribution is 6.02. The molecule has 0 unspecified atom stereocenters. The van der Waals surface area contributed by atoms with Gasteiger partial charge in [0.25, 0.3) is 0 Å². The first-order chi connectivity index (χ1) is 9.59. The van der Waals surface area contributed by atoms with Crippen molar-refractivity contribution in [2.75, 3.05) is 0 Å². The summed E-state index contributed by atoms with van der Waals surface area (Å²) in [5, 5.41) is 9.01. The van der Waals surface area contributed by atoms with E-state index >= 15 is 0 Å². The van der Waals surface area contributed by atoms with Crippen LogP contribution in [0.3, 0.4) is 0 Å². The predicted octanol–water partition coefficient (Wildman–Crippen LogP) is 2.74. The summed E-state index contributed by atoms with van der Waals surface area (Å²) >= 11 is 0. The molecule has 0 aliphatic rings. The van der Waals surface area contributed by atoms with E-state index in [2.05, 4.69) is 0 Å². The fourth-order valence-corrected chi connectivity index (χ4v) is 1.56. The summed E-state index contributed by atoms with van der Waals surface area (Å²) in [4.78, 5) is 23.0. The molecule has 1 atom stereocenters. The normalized spacial score (nSPS) is 12.3. The number of rotatable bonds is 4. The Morgan fingerprint density at radius 2 is 1.58 bits per heavy atom. The number of aromatic carboxylic acids is 1. The maximum atomic E-state index is 11.9. The van der Waals surface area contributed by atoms with Gasteiger partial charge in [-0.1, -0.05) is 42.5 Å². The highest BCUT2D eigenvalue weighted by Crippen LogP contribution is 2.11. The summed E-state index contributed by atoms with van der Waals surface area (Å²) in [5.41, 5.74) is 0.319. The van der Waals surface area contributed by atoms with Gasteiger partial charge >= 0.3 is 11.9 Å². The SMILES string of the molecule is [2H][C@H](OC(=O)c1ccccc1C(=O)O)c1ccccc1. The Balaban J connectivity index is 2.19. The van der Waals surface area contributed by atoms with Gasteiger partial charge in [0.2, 0.25) is 0 Å². The molecule has 0 saturated heterocycles. The lowest BCUT2D eigenvalue weighted by Crippen LogP contribution is -2.11. The molecule has 2 aromatic rings. The lowest BCUT2D eigenvalue weighted by atomic mass is 10.1. The van der Waals surface area contributed by atoms with Crippen LogP contribution in [0.25, 0.3) is 0 Å². The molecule has 0 bridgehead atoms. The van der Waals surface area contributed by atoms with Crippen LogP contribution in [-0.4, -0.2) is 17.0 Å². The standard InChI is InChI=1S/C15H12O4/c16-14(17)12-8-4-5-9-13(12)15(18)19-10-11-6-2-1-3-7-11/h1-9H,10H2,(H,16,17)/i10D/t10-/m0/s1. The van der Waals surface area contributed by atoms with E-state index < -0.39 is 18.5 Å². The second kappa shape index (κ2) is 5.82. The van der Waals surface area contributed by atoms with Crippen LogP contribution >= 0.6 is 0 Å². The van der Waals surface area contributed by atoms with Gasteiger partial charge in [0.05, 0.1) is 12.5 Å². The van der Waals surface area contributed by atoms with Crippen molar-refractivity contribution in [3.63, 3.8) is 0 Å². The van der Waals surface area contributed by atoms with Crippen LogP contribution in [-0.2, 0) is 11.3 Å². The van der Waals surface area contributed by atoms with Crippen molar-refractivity contribution in [1.29, 1.82) is 0 Å². The summed E-state index contributed by atoms with van der Waals surface area (Å²) < 4.78 is 12.8. The molecule has 19 heavy (non-hydrogen) atoms. The molecule has 0 aromatic heterocycles. The molecule has 0 fully saturated rings. The minimum atomic E-state index is -1.21. The minimum Gasteiger partial charge on any atom is -0.478 e. The van der Waals surface area contributed by atoms with Gasteiger partial charge in [0.15, 0.2) is 0 Å². The molecule has 0 aliphatic heterocycles. The zero-order valence-electron chi connectivity index (χ0n) is 10.9. The van der Waals surface area contributed by atoms with Crippen molar-refractivity contribution < 1.29 is 20.8 Å². The van der Waals surface area contributed by atoms with Crippen molar-refractivity contribution in [2.24, 2.45) is 0 Å². The number of carboxylic acids is 1. The average molecular weight is 257 g/mol. The van der Waals surface area contributed by atoms with Gasteiger partial charge in [-0.15, -0.1) is 0 Å². The number of hydrogen-bond acceptors (Lipinski definition) is 3. The molecule has 0 saturated carbocycles. The van der Waals surface area contributed by atoms with Crippen molar-refractivity contribution >= 4 is 11.9 Å². The van der Waals surface area contributed by atoms with Crippen molar-refractivity contribution in [1.82, 2.24) is 0 Å². The van der Waals surface area contributed by atoms with Gasteiger partial charge in [-0.2, -0.15) is 0 Å². The Morgan fingerprint density at radius 3 is 2.21 bits per heavy atom. The van der Waals surface area contributed by atoms with Gasteiger partial charge in [0, 0.05) is 0 Å². The summed E-state index contributed by atoms with van der Waals surface area (Å²) in [6.07, 6.45) is 0. The van der Waals surface area contributed by atoms with Gasteiger partial charge in [-0.25, -0.2) is 9.59 Å². The fourth-order valence-electron chi connectivity index (χ4n) is 1.56. The van der Waals surface area contributed by atoms with E-state index in [-0.39, 0.29) is 11.1 Å². The largest absolute Gasteiger partial charge is 0.478 e. The predicted molar refractivity (Wildman–Crippen MR) is 69.0 cm³/mol. The molecule has 4 heteroatoms. The van der Waals surface area contributed by atoms with Crippen molar-refractivity contribution in [3.05, 3.63) is 71.3 Å². The highest BCUT2D eigenvalue weighted by Gasteiger charge is 2.16. The number of carbonyl (C=O) groups is 2. The molecule has 0 spiro atoms. The Morgan fingerprint density at radius 1 is 1.00 bits per heavy atom. The van der Waals surface area contributed by atoms with E-state index in [0.717, 1.165) is 0 Å². The first-order valence-corrected chi connectivity index (χ1v) is 5.60. The molecule has 1 N–H and O–H groups in total. The van der Waals surface area contributed by atoms with E-state index in [1.807, 2.05) is 0 Å².